The molecule has 4 nitrogen and oxygen atoms in total. The van der Waals surface area contributed by atoms with Crippen LogP contribution in [0.1, 0.15) is 19.8 Å². The fourth-order valence-electron chi connectivity index (χ4n) is 1.40. The van der Waals surface area contributed by atoms with Crippen LogP contribution in [0, 0.1) is 0 Å². The molecule has 0 radical (unpaired) electrons. The van der Waals surface area contributed by atoms with E-state index >= 15 is 0 Å². The fourth-order valence-corrected chi connectivity index (χ4v) is 1.40. The summed E-state index contributed by atoms with van der Waals surface area (Å²) in [5, 5.41) is 5.95. The highest BCUT2D eigenvalue weighted by Crippen LogP contribution is 2.07. The zero-order valence-corrected chi connectivity index (χ0v) is 8.64. The lowest BCUT2D eigenvalue weighted by Crippen LogP contribution is -2.27. The molecule has 0 aromatic rings. The molecule has 0 atom stereocenters. The van der Waals surface area contributed by atoms with E-state index in [-0.39, 0.29) is 6.09 Å². The molecule has 0 fully saturated rings. The Morgan fingerprint density at radius 2 is 2.57 bits per heavy atom. The molecule has 2 N–H and O–H groups in total. The number of alkyl carbamates (subject to hydrolysis) is 1. The monoisotopic (exact) mass is 198 g/mol. The van der Waals surface area contributed by atoms with Gasteiger partial charge in [-0.3, -0.25) is 0 Å². The number of amides is 1. The van der Waals surface area contributed by atoms with Crippen molar-refractivity contribution in [1.29, 1.82) is 0 Å². The maximum absolute atomic E-state index is 10.9. The number of rotatable bonds is 4. The molecular weight excluding hydrogens is 180 g/mol. The predicted molar refractivity (Wildman–Crippen MR) is 55.2 cm³/mol. The average Bonchev–Trinajstić information content (AvgIpc) is 2.20. The molecule has 0 saturated heterocycles. The van der Waals surface area contributed by atoms with E-state index in [9.17, 15) is 4.79 Å². The first-order chi connectivity index (χ1) is 6.83. The van der Waals surface area contributed by atoms with Crippen molar-refractivity contribution >= 4 is 6.09 Å². The predicted octanol–water partition coefficient (Wildman–Crippen LogP) is 1.04. The van der Waals surface area contributed by atoms with Crippen LogP contribution in [0.4, 0.5) is 4.79 Å². The molecular formula is C10H18N2O2. The smallest absolute Gasteiger partial charge is 0.407 e. The lowest BCUT2D eigenvalue weighted by molar-refractivity contribution is 0.152. The molecule has 0 saturated carbocycles. The van der Waals surface area contributed by atoms with Crippen molar-refractivity contribution in [2.45, 2.75) is 19.8 Å². The van der Waals surface area contributed by atoms with Crippen LogP contribution >= 0.6 is 0 Å². The normalized spacial score (nSPS) is 15.9. The van der Waals surface area contributed by atoms with Gasteiger partial charge in [0.1, 0.15) is 0 Å². The van der Waals surface area contributed by atoms with E-state index in [0.29, 0.717) is 13.2 Å². The Morgan fingerprint density at radius 3 is 3.21 bits per heavy atom. The summed E-state index contributed by atoms with van der Waals surface area (Å²) in [5.41, 5.74) is 1.42. The van der Waals surface area contributed by atoms with Gasteiger partial charge in [0, 0.05) is 13.1 Å². The van der Waals surface area contributed by atoms with Crippen LogP contribution in [0.25, 0.3) is 0 Å². The van der Waals surface area contributed by atoms with Gasteiger partial charge in [0.05, 0.1) is 6.61 Å². The minimum absolute atomic E-state index is 0.318. The number of hydrogen-bond donors (Lipinski definition) is 2. The highest BCUT2D eigenvalue weighted by atomic mass is 16.5. The third-order valence-electron chi connectivity index (χ3n) is 2.15. The van der Waals surface area contributed by atoms with E-state index in [4.69, 9.17) is 4.74 Å². The molecule has 0 unspecified atom stereocenters. The zero-order chi connectivity index (χ0) is 10.2. The maximum Gasteiger partial charge on any atom is 0.407 e. The van der Waals surface area contributed by atoms with Gasteiger partial charge in [-0.2, -0.15) is 0 Å². The topological polar surface area (TPSA) is 50.4 Å². The first kappa shape index (κ1) is 11.0. The van der Waals surface area contributed by atoms with Crippen molar-refractivity contribution in [1.82, 2.24) is 10.6 Å². The van der Waals surface area contributed by atoms with Gasteiger partial charge in [-0.1, -0.05) is 11.6 Å². The summed E-state index contributed by atoms with van der Waals surface area (Å²) in [6, 6.07) is 0. The van der Waals surface area contributed by atoms with Crippen LogP contribution in [-0.4, -0.2) is 32.3 Å². The third-order valence-corrected chi connectivity index (χ3v) is 2.15. The summed E-state index contributed by atoms with van der Waals surface area (Å²) in [6.07, 6.45) is 3.89. The number of ether oxygens (including phenoxy) is 1. The van der Waals surface area contributed by atoms with E-state index < -0.39 is 0 Å². The van der Waals surface area contributed by atoms with Gasteiger partial charge < -0.3 is 15.4 Å². The Bertz CT molecular complexity index is 214. The van der Waals surface area contributed by atoms with Gasteiger partial charge in [-0.05, 0) is 26.3 Å². The second kappa shape index (κ2) is 6.43. The summed E-state index contributed by atoms with van der Waals surface area (Å²) in [5.74, 6) is 0. The van der Waals surface area contributed by atoms with Crippen LogP contribution in [0.5, 0.6) is 0 Å². The molecule has 1 heterocycles. The first-order valence-corrected chi connectivity index (χ1v) is 5.12. The molecule has 4 heteroatoms. The molecule has 0 spiro atoms. The summed E-state index contributed by atoms with van der Waals surface area (Å²) in [7, 11) is 0. The standard InChI is InChI=1S/C10H18N2O2/c1-2-14-10(13)12-8-5-9-3-6-11-7-4-9/h3,11H,2,4-8H2,1H3,(H,12,13). The molecule has 1 rings (SSSR count). The van der Waals surface area contributed by atoms with Crippen molar-refractivity contribution in [3.63, 3.8) is 0 Å². The largest absolute Gasteiger partial charge is 0.450 e. The quantitative estimate of drug-likeness (QED) is 0.664. The van der Waals surface area contributed by atoms with Crippen molar-refractivity contribution in [2.75, 3.05) is 26.2 Å². The van der Waals surface area contributed by atoms with E-state index in [0.717, 1.165) is 25.9 Å². The maximum atomic E-state index is 10.9. The number of hydrogen-bond acceptors (Lipinski definition) is 3. The molecule has 14 heavy (non-hydrogen) atoms. The Hall–Kier alpha value is -1.03. The highest BCUT2D eigenvalue weighted by Gasteiger charge is 2.04. The summed E-state index contributed by atoms with van der Waals surface area (Å²) >= 11 is 0. The zero-order valence-electron chi connectivity index (χ0n) is 8.64. The molecule has 0 aromatic carbocycles. The number of nitrogens with one attached hydrogen (secondary N) is 2. The molecule has 0 aliphatic carbocycles. The minimum atomic E-state index is -0.318. The SMILES string of the molecule is CCOC(=O)NCCC1=CCNCC1. The average molecular weight is 198 g/mol. The van der Waals surface area contributed by atoms with Crippen molar-refractivity contribution in [2.24, 2.45) is 0 Å². The van der Waals surface area contributed by atoms with E-state index in [1.54, 1.807) is 6.92 Å². The van der Waals surface area contributed by atoms with Crippen molar-refractivity contribution < 1.29 is 9.53 Å². The van der Waals surface area contributed by atoms with E-state index in [1.165, 1.54) is 5.57 Å². The lowest BCUT2D eigenvalue weighted by Gasteiger charge is -2.13. The Labute approximate surface area is 84.7 Å². The minimum Gasteiger partial charge on any atom is -0.450 e. The van der Waals surface area contributed by atoms with Gasteiger partial charge in [0.15, 0.2) is 0 Å². The summed E-state index contributed by atoms with van der Waals surface area (Å²) < 4.78 is 4.75. The molecule has 1 aliphatic heterocycles. The Balaban J connectivity index is 2.08. The number of carbonyl (C=O) groups excluding carboxylic acids is 1. The fraction of sp³-hybridized carbons (Fsp3) is 0.700. The Morgan fingerprint density at radius 1 is 1.71 bits per heavy atom. The number of carbonyl (C=O) groups is 1. The summed E-state index contributed by atoms with van der Waals surface area (Å²) in [4.78, 5) is 10.9. The van der Waals surface area contributed by atoms with E-state index in [1.807, 2.05) is 0 Å². The van der Waals surface area contributed by atoms with Crippen LogP contribution in [-0.2, 0) is 4.74 Å². The first-order valence-electron chi connectivity index (χ1n) is 5.12. The van der Waals surface area contributed by atoms with Gasteiger partial charge in [0.25, 0.3) is 0 Å². The molecule has 0 bridgehead atoms. The molecule has 0 aromatic heterocycles. The van der Waals surface area contributed by atoms with Crippen LogP contribution < -0.4 is 10.6 Å². The van der Waals surface area contributed by atoms with E-state index in [2.05, 4.69) is 16.7 Å². The van der Waals surface area contributed by atoms with Crippen molar-refractivity contribution in [3.8, 4) is 0 Å². The van der Waals surface area contributed by atoms with Crippen LogP contribution in [0.15, 0.2) is 11.6 Å². The highest BCUT2D eigenvalue weighted by molar-refractivity contribution is 5.66. The Kier molecular flexibility index (Phi) is 5.07. The second-order valence-corrected chi connectivity index (χ2v) is 3.21. The molecule has 1 amide bonds. The van der Waals surface area contributed by atoms with Gasteiger partial charge in [-0.25, -0.2) is 4.79 Å². The van der Waals surface area contributed by atoms with Gasteiger partial charge in [-0.15, -0.1) is 0 Å². The van der Waals surface area contributed by atoms with Gasteiger partial charge >= 0.3 is 6.09 Å². The lowest BCUT2D eigenvalue weighted by atomic mass is 10.1. The second-order valence-electron chi connectivity index (χ2n) is 3.21. The summed E-state index contributed by atoms with van der Waals surface area (Å²) in [6.45, 7) is 4.90. The third kappa shape index (κ3) is 4.28. The molecule has 1 aliphatic rings. The van der Waals surface area contributed by atoms with Crippen LogP contribution in [0.2, 0.25) is 0 Å². The van der Waals surface area contributed by atoms with Crippen molar-refractivity contribution in [3.05, 3.63) is 11.6 Å². The van der Waals surface area contributed by atoms with Crippen LogP contribution in [0.3, 0.4) is 0 Å². The molecule has 80 valence electrons. The van der Waals surface area contributed by atoms with Gasteiger partial charge in [0.2, 0.25) is 0 Å².